The van der Waals surface area contributed by atoms with Crippen LogP contribution in [0.3, 0.4) is 0 Å². The van der Waals surface area contributed by atoms with E-state index in [0.717, 1.165) is 36.2 Å². The third-order valence-electron chi connectivity index (χ3n) is 5.47. The van der Waals surface area contributed by atoms with Crippen molar-refractivity contribution in [2.75, 3.05) is 20.2 Å². The first-order chi connectivity index (χ1) is 14.2. The summed E-state index contributed by atoms with van der Waals surface area (Å²) in [7, 11) is 1.59. The second-order valence-corrected chi connectivity index (χ2v) is 7.42. The van der Waals surface area contributed by atoms with Gasteiger partial charge in [-0.1, -0.05) is 24.3 Å². The fourth-order valence-corrected chi connectivity index (χ4v) is 4.05. The van der Waals surface area contributed by atoms with Crippen LogP contribution in [0.4, 0.5) is 4.39 Å². The summed E-state index contributed by atoms with van der Waals surface area (Å²) < 4.78 is 19.0. The number of Topliss-reactive ketones (excluding diaryl/α,β-unsaturated/α-hetero) is 1. The van der Waals surface area contributed by atoms with E-state index in [1.807, 2.05) is 30.3 Å². The minimum absolute atomic E-state index is 0.0652. The minimum atomic E-state index is -0.275. The number of nitrogens with one attached hydrogen (secondary N) is 1. The highest BCUT2D eigenvalue weighted by atomic mass is 19.1. The molecule has 2 aromatic carbocycles. The lowest BCUT2D eigenvalue weighted by Crippen LogP contribution is -2.38. The highest BCUT2D eigenvalue weighted by Crippen LogP contribution is 2.28. The van der Waals surface area contributed by atoms with Gasteiger partial charge in [-0.15, -0.1) is 0 Å². The van der Waals surface area contributed by atoms with E-state index in [2.05, 4.69) is 15.1 Å². The van der Waals surface area contributed by atoms with Gasteiger partial charge in [0, 0.05) is 30.1 Å². The number of ether oxygens (including phenoxy) is 1. The molecular weight excluding hydrogens is 369 g/mol. The Balaban J connectivity index is 1.49. The van der Waals surface area contributed by atoms with E-state index in [0.29, 0.717) is 24.4 Å². The maximum Gasteiger partial charge on any atom is 0.170 e. The van der Waals surface area contributed by atoms with E-state index in [4.69, 9.17) is 4.74 Å². The first-order valence-electron chi connectivity index (χ1n) is 9.83. The van der Waals surface area contributed by atoms with Crippen molar-refractivity contribution in [3.63, 3.8) is 0 Å². The van der Waals surface area contributed by atoms with E-state index in [1.165, 1.54) is 12.1 Å². The van der Waals surface area contributed by atoms with Gasteiger partial charge in [-0.25, -0.2) is 4.39 Å². The van der Waals surface area contributed by atoms with Crippen LogP contribution >= 0.6 is 0 Å². The maximum atomic E-state index is 13.6. The molecule has 0 saturated carbocycles. The van der Waals surface area contributed by atoms with Crippen molar-refractivity contribution in [2.45, 2.75) is 19.4 Å². The van der Waals surface area contributed by atoms with Crippen LogP contribution in [0.25, 0.3) is 11.3 Å². The van der Waals surface area contributed by atoms with Gasteiger partial charge in [0.25, 0.3) is 0 Å². The zero-order chi connectivity index (χ0) is 20.2. The maximum absolute atomic E-state index is 13.6. The Morgan fingerprint density at radius 2 is 2.14 bits per heavy atom. The van der Waals surface area contributed by atoms with Gasteiger partial charge in [0.05, 0.1) is 24.6 Å². The van der Waals surface area contributed by atoms with Crippen molar-refractivity contribution in [2.24, 2.45) is 5.92 Å². The predicted molar refractivity (Wildman–Crippen MR) is 109 cm³/mol. The summed E-state index contributed by atoms with van der Waals surface area (Å²) in [5.41, 5.74) is 3.24. The molecule has 2 heterocycles. The molecule has 5 nitrogen and oxygen atoms in total. The first kappa shape index (κ1) is 19.3. The molecule has 1 aliphatic rings. The normalized spacial score (nSPS) is 17.2. The minimum Gasteiger partial charge on any atom is -0.496 e. The number of aromatic amines is 1. The lowest BCUT2D eigenvalue weighted by Gasteiger charge is -2.32. The molecule has 1 saturated heterocycles. The van der Waals surface area contributed by atoms with Crippen LogP contribution in [-0.2, 0) is 6.54 Å². The number of hydrogen-bond donors (Lipinski definition) is 1. The van der Waals surface area contributed by atoms with Gasteiger partial charge in [0.2, 0.25) is 0 Å². The van der Waals surface area contributed by atoms with E-state index >= 15 is 0 Å². The van der Waals surface area contributed by atoms with E-state index < -0.39 is 0 Å². The van der Waals surface area contributed by atoms with Crippen LogP contribution in [0.1, 0.15) is 28.8 Å². The topological polar surface area (TPSA) is 58.2 Å². The van der Waals surface area contributed by atoms with Gasteiger partial charge in [-0.05, 0) is 43.7 Å². The molecule has 0 spiro atoms. The summed E-state index contributed by atoms with van der Waals surface area (Å²) in [6.45, 7) is 2.27. The number of halogens is 1. The molecule has 0 amide bonds. The van der Waals surface area contributed by atoms with Crippen LogP contribution < -0.4 is 4.74 Å². The number of benzene rings is 2. The summed E-state index contributed by atoms with van der Waals surface area (Å²) in [5.74, 6) is 0.413. The molecule has 1 fully saturated rings. The fraction of sp³-hybridized carbons (Fsp3) is 0.304. The Morgan fingerprint density at radius 1 is 1.28 bits per heavy atom. The number of methoxy groups -OCH3 is 1. The van der Waals surface area contributed by atoms with Gasteiger partial charge in [0.15, 0.2) is 5.78 Å². The molecule has 1 aromatic heterocycles. The molecule has 0 aliphatic carbocycles. The van der Waals surface area contributed by atoms with Crippen LogP contribution in [0.2, 0.25) is 0 Å². The molecule has 0 radical (unpaired) electrons. The number of carbonyl (C=O) groups excluding carboxylic acids is 1. The molecule has 150 valence electrons. The number of ketones is 1. The zero-order valence-corrected chi connectivity index (χ0v) is 16.4. The Kier molecular flexibility index (Phi) is 5.71. The van der Waals surface area contributed by atoms with Gasteiger partial charge in [0.1, 0.15) is 11.6 Å². The summed E-state index contributed by atoms with van der Waals surface area (Å²) in [5, 5.41) is 7.15. The van der Waals surface area contributed by atoms with Gasteiger partial charge in [-0.3, -0.25) is 14.8 Å². The molecule has 29 heavy (non-hydrogen) atoms. The highest BCUT2D eigenvalue weighted by molar-refractivity contribution is 6.00. The van der Waals surface area contributed by atoms with Crippen LogP contribution in [-0.4, -0.2) is 41.1 Å². The number of likely N-dealkylation sites (tertiary alicyclic amines) is 1. The summed E-state index contributed by atoms with van der Waals surface area (Å²) in [4.78, 5) is 15.4. The molecule has 1 atom stereocenters. The molecule has 1 aliphatic heterocycles. The highest BCUT2D eigenvalue weighted by Gasteiger charge is 2.28. The molecule has 3 aromatic rings. The molecule has 0 unspecified atom stereocenters. The van der Waals surface area contributed by atoms with Crippen molar-refractivity contribution in [1.29, 1.82) is 0 Å². The van der Waals surface area contributed by atoms with Gasteiger partial charge < -0.3 is 4.74 Å². The molecule has 0 bridgehead atoms. The second kappa shape index (κ2) is 8.57. The fourth-order valence-electron chi connectivity index (χ4n) is 4.05. The monoisotopic (exact) mass is 393 g/mol. The van der Waals surface area contributed by atoms with E-state index in [-0.39, 0.29) is 17.5 Å². The molecule has 1 N–H and O–H groups in total. The third kappa shape index (κ3) is 4.22. The van der Waals surface area contributed by atoms with Gasteiger partial charge >= 0.3 is 0 Å². The first-order valence-corrected chi connectivity index (χ1v) is 9.83. The second-order valence-electron chi connectivity index (χ2n) is 7.42. The Labute approximate surface area is 169 Å². The van der Waals surface area contributed by atoms with Crippen molar-refractivity contribution in [3.8, 4) is 17.0 Å². The predicted octanol–water partition coefficient (Wildman–Crippen LogP) is 4.32. The van der Waals surface area contributed by atoms with Crippen LogP contribution in [0, 0.1) is 11.7 Å². The lowest BCUT2D eigenvalue weighted by atomic mass is 9.89. The largest absolute Gasteiger partial charge is 0.496 e. The van der Waals surface area contributed by atoms with Crippen molar-refractivity contribution in [3.05, 3.63) is 71.7 Å². The number of carbonyl (C=O) groups is 1. The smallest absolute Gasteiger partial charge is 0.170 e. The number of piperidine rings is 1. The van der Waals surface area contributed by atoms with Crippen molar-refractivity contribution >= 4 is 5.78 Å². The third-order valence-corrected chi connectivity index (χ3v) is 5.47. The number of nitrogens with zero attached hydrogens (tertiary/aromatic N) is 2. The number of rotatable bonds is 6. The van der Waals surface area contributed by atoms with E-state index in [9.17, 15) is 9.18 Å². The van der Waals surface area contributed by atoms with Gasteiger partial charge in [-0.2, -0.15) is 5.10 Å². The molecule has 4 rings (SSSR count). The average Bonchev–Trinajstić information content (AvgIpc) is 3.21. The van der Waals surface area contributed by atoms with Crippen molar-refractivity contribution < 1.29 is 13.9 Å². The quantitative estimate of drug-likeness (QED) is 0.634. The molecule has 6 heteroatoms. The summed E-state index contributed by atoms with van der Waals surface area (Å²) in [6.07, 6.45) is 3.61. The standard InChI is InChI=1S/C23H24FN3O2/c1-29-21-10-3-2-9-20(21)23(28)17-7-5-11-27(14-17)15-18-13-25-26-22(18)16-6-4-8-19(24)12-16/h2-4,6,8-10,12-13,17H,5,7,11,14-15H2,1H3,(H,25,26)/t17-/m0/s1. The van der Waals surface area contributed by atoms with E-state index in [1.54, 1.807) is 19.4 Å². The lowest BCUT2D eigenvalue weighted by molar-refractivity contribution is 0.0809. The Hall–Kier alpha value is -2.99. The molecular formula is C23H24FN3O2. The van der Waals surface area contributed by atoms with Crippen LogP contribution in [0.5, 0.6) is 5.75 Å². The average molecular weight is 393 g/mol. The summed E-state index contributed by atoms with van der Waals surface area (Å²) in [6, 6.07) is 13.9. The number of aromatic nitrogens is 2. The zero-order valence-electron chi connectivity index (χ0n) is 16.4. The Morgan fingerprint density at radius 3 is 2.97 bits per heavy atom. The number of para-hydroxylation sites is 1. The van der Waals surface area contributed by atoms with Crippen molar-refractivity contribution in [1.82, 2.24) is 15.1 Å². The SMILES string of the molecule is COc1ccccc1C(=O)[C@H]1CCCN(Cc2cn[nH]c2-c2cccc(F)c2)C1. The number of H-pyrrole nitrogens is 1. The summed E-state index contributed by atoms with van der Waals surface area (Å²) >= 11 is 0. The number of hydrogen-bond acceptors (Lipinski definition) is 4. The van der Waals surface area contributed by atoms with Crippen LogP contribution in [0.15, 0.2) is 54.7 Å². The Bertz CT molecular complexity index is 1000.